The van der Waals surface area contributed by atoms with Gasteiger partial charge in [0.05, 0.1) is 5.92 Å². The maximum Gasteiger partial charge on any atom is 0.231 e. The number of aryl methyl sites for hydroxylation is 1. The maximum atomic E-state index is 6.12. The van der Waals surface area contributed by atoms with Gasteiger partial charge in [0.25, 0.3) is 0 Å². The molecule has 1 saturated carbocycles. The summed E-state index contributed by atoms with van der Waals surface area (Å²) in [6, 6.07) is 8.75. The summed E-state index contributed by atoms with van der Waals surface area (Å²) in [6.07, 6.45) is 5.48. The van der Waals surface area contributed by atoms with E-state index in [4.69, 9.17) is 10.3 Å². The van der Waals surface area contributed by atoms with E-state index in [1.54, 1.807) is 0 Å². The summed E-state index contributed by atoms with van der Waals surface area (Å²) in [5, 5.41) is 4.23. The van der Waals surface area contributed by atoms with Gasteiger partial charge in [0.15, 0.2) is 5.82 Å². The monoisotopic (exact) mass is 269 g/mol. The molecule has 2 N–H and O–H groups in total. The molecule has 2 aromatic rings. The molecule has 3 atom stereocenters. The van der Waals surface area contributed by atoms with Crippen LogP contribution in [0.3, 0.4) is 0 Å². The van der Waals surface area contributed by atoms with Gasteiger partial charge >= 0.3 is 0 Å². The topological polar surface area (TPSA) is 64.9 Å². The van der Waals surface area contributed by atoms with Gasteiger partial charge in [-0.3, -0.25) is 0 Å². The lowest BCUT2D eigenvalue weighted by Gasteiger charge is -2.09. The standard InChI is InChI=1S/C16H19N3O/c17-14-7-3-6-13(14)16-18-15(19-20-16)12-9-8-10-4-1-2-5-11(10)12/h1-2,4-5,12-14H,3,6-9,17H2. The Kier molecular flexibility index (Phi) is 2.84. The molecule has 4 nitrogen and oxygen atoms in total. The van der Waals surface area contributed by atoms with Gasteiger partial charge in [0.2, 0.25) is 5.89 Å². The largest absolute Gasteiger partial charge is 0.339 e. The number of nitrogens with two attached hydrogens (primary N) is 1. The molecule has 2 aliphatic carbocycles. The molecule has 1 fully saturated rings. The Morgan fingerprint density at radius 1 is 1.15 bits per heavy atom. The van der Waals surface area contributed by atoms with Crippen molar-refractivity contribution >= 4 is 0 Å². The van der Waals surface area contributed by atoms with Crippen molar-refractivity contribution in [2.45, 2.75) is 50.0 Å². The predicted molar refractivity (Wildman–Crippen MR) is 75.5 cm³/mol. The molecule has 2 aliphatic rings. The highest BCUT2D eigenvalue weighted by atomic mass is 16.5. The molecule has 3 unspecified atom stereocenters. The zero-order valence-corrected chi connectivity index (χ0v) is 11.5. The highest BCUT2D eigenvalue weighted by Gasteiger charge is 2.33. The van der Waals surface area contributed by atoms with Crippen LogP contribution in [-0.4, -0.2) is 16.2 Å². The normalized spacial score (nSPS) is 28.8. The van der Waals surface area contributed by atoms with Crippen LogP contribution in [0.2, 0.25) is 0 Å². The summed E-state index contributed by atoms with van der Waals surface area (Å²) in [7, 11) is 0. The van der Waals surface area contributed by atoms with E-state index in [9.17, 15) is 0 Å². The molecule has 0 radical (unpaired) electrons. The second-order valence-corrected chi connectivity index (χ2v) is 5.98. The number of aromatic nitrogens is 2. The van der Waals surface area contributed by atoms with E-state index >= 15 is 0 Å². The van der Waals surface area contributed by atoms with Crippen molar-refractivity contribution < 1.29 is 4.52 Å². The average Bonchev–Trinajstić information content (AvgIpc) is 3.15. The molecule has 0 aliphatic heterocycles. The van der Waals surface area contributed by atoms with Crippen molar-refractivity contribution in [3.63, 3.8) is 0 Å². The lowest BCUT2D eigenvalue weighted by molar-refractivity contribution is 0.340. The molecule has 4 heteroatoms. The molecule has 4 rings (SSSR count). The molecular formula is C16H19N3O. The Bertz CT molecular complexity index is 622. The Morgan fingerprint density at radius 2 is 2.05 bits per heavy atom. The van der Waals surface area contributed by atoms with Crippen LogP contribution < -0.4 is 5.73 Å². The summed E-state index contributed by atoms with van der Waals surface area (Å²) >= 11 is 0. The van der Waals surface area contributed by atoms with Crippen LogP contribution in [0.5, 0.6) is 0 Å². The lowest BCUT2D eigenvalue weighted by atomic mass is 10.0. The van der Waals surface area contributed by atoms with Gasteiger partial charge in [-0.25, -0.2) is 0 Å². The Balaban J connectivity index is 1.63. The molecule has 0 spiro atoms. The number of hydrogen-bond acceptors (Lipinski definition) is 4. The van der Waals surface area contributed by atoms with Gasteiger partial charge < -0.3 is 10.3 Å². The summed E-state index contributed by atoms with van der Waals surface area (Å²) in [4.78, 5) is 4.67. The van der Waals surface area contributed by atoms with Gasteiger partial charge in [-0.15, -0.1) is 0 Å². The second-order valence-electron chi connectivity index (χ2n) is 5.98. The van der Waals surface area contributed by atoms with Crippen LogP contribution in [0, 0.1) is 0 Å². The van der Waals surface area contributed by atoms with E-state index in [0.717, 1.165) is 43.8 Å². The lowest BCUT2D eigenvalue weighted by Crippen LogP contribution is -2.22. The van der Waals surface area contributed by atoms with E-state index < -0.39 is 0 Å². The van der Waals surface area contributed by atoms with Gasteiger partial charge in [0.1, 0.15) is 0 Å². The third-order valence-electron chi connectivity index (χ3n) is 4.79. The molecule has 0 bridgehead atoms. The Labute approximate surface area is 118 Å². The molecule has 104 valence electrons. The quantitative estimate of drug-likeness (QED) is 0.910. The fraction of sp³-hybridized carbons (Fsp3) is 0.500. The van der Waals surface area contributed by atoms with Crippen LogP contribution in [-0.2, 0) is 6.42 Å². The van der Waals surface area contributed by atoms with Crippen LogP contribution in [0.1, 0.15) is 60.4 Å². The summed E-state index contributed by atoms with van der Waals surface area (Å²) in [6.45, 7) is 0. The fourth-order valence-electron chi connectivity index (χ4n) is 3.66. The molecule has 1 aromatic carbocycles. The van der Waals surface area contributed by atoms with Crippen LogP contribution >= 0.6 is 0 Å². The van der Waals surface area contributed by atoms with E-state index in [2.05, 4.69) is 34.4 Å². The van der Waals surface area contributed by atoms with Crippen molar-refractivity contribution in [1.29, 1.82) is 0 Å². The van der Waals surface area contributed by atoms with Crippen molar-refractivity contribution in [1.82, 2.24) is 10.1 Å². The Morgan fingerprint density at radius 3 is 2.90 bits per heavy atom. The molecule has 1 heterocycles. The summed E-state index contributed by atoms with van der Waals surface area (Å²) < 4.78 is 5.51. The highest BCUT2D eigenvalue weighted by molar-refractivity contribution is 5.38. The predicted octanol–water partition coefficient (Wildman–Crippen LogP) is 2.74. The number of nitrogens with zero attached hydrogens (tertiary/aromatic N) is 2. The van der Waals surface area contributed by atoms with E-state index in [1.807, 2.05) is 0 Å². The van der Waals surface area contributed by atoms with Crippen LogP contribution in [0.4, 0.5) is 0 Å². The first-order chi connectivity index (χ1) is 9.83. The molecule has 20 heavy (non-hydrogen) atoms. The molecule has 1 aromatic heterocycles. The van der Waals surface area contributed by atoms with Gasteiger partial charge in [-0.2, -0.15) is 4.98 Å². The molecular weight excluding hydrogens is 250 g/mol. The first-order valence-corrected chi connectivity index (χ1v) is 7.50. The number of fused-ring (bicyclic) bond motifs is 1. The molecule has 0 saturated heterocycles. The second kappa shape index (κ2) is 4.70. The van der Waals surface area contributed by atoms with E-state index in [0.29, 0.717) is 5.92 Å². The van der Waals surface area contributed by atoms with E-state index in [-0.39, 0.29) is 12.0 Å². The zero-order valence-electron chi connectivity index (χ0n) is 11.5. The minimum Gasteiger partial charge on any atom is -0.339 e. The third kappa shape index (κ3) is 1.86. The van der Waals surface area contributed by atoms with Gasteiger partial charge in [-0.1, -0.05) is 35.8 Å². The van der Waals surface area contributed by atoms with Crippen molar-refractivity contribution in [3.8, 4) is 0 Å². The average molecular weight is 269 g/mol. The smallest absolute Gasteiger partial charge is 0.231 e. The van der Waals surface area contributed by atoms with Crippen molar-refractivity contribution in [2.24, 2.45) is 5.73 Å². The Hall–Kier alpha value is -1.68. The van der Waals surface area contributed by atoms with Gasteiger partial charge in [0, 0.05) is 12.0 Å². The SMILES string of the molecule is NC1CCCC1c1nc(C2CCc3ccccc32)no1. The fourth-order valence-corrected chi connectivity index (χ4v) is 3.66. The van der Waals surface area contributed by atoms with Gasteiger partial charge in [-0.05, 0) is 36.8 Å². The number of rotatable bonds is 2. The number of hydrogen-bond donors (Lipinski definition) is 1. The van der Waals surface area contributed by atoms with Crippen molar-refractivity contribution in [2.75, 3.05) is 0 Å². The summed E-state index contributed by atoms with van der Waals surface area (Å²) in [5.41, 5.74) is 8.90. The third-order valence-corrected chi connectivity index (χ3v) is 4.79. The van der Waals surface area contributed by atoms with Crippen LogP contribution in [0.25, 0.3) is 0 Å². The molecule has 0 amide bonds. The highest BCUT2D eigenvalue weighted by Crippen LogP contribution is 2.38. The first kappa shape index (κ1) is 12.1. The first-order valence-electron chi connectivity index (χ1n) is 7.50. The minimum atomic E-state index is 0.180. The van der Waals surface area contributed by atoms with Crippen molar-refractivity contribution in [3.05, 3.63) is 47.1 Å². The van der Waals surface area contributed by atoms with Crippen LogP contribution in [0.15, 0.2) is 28.8 Å². The number of benzene rings is 1. The zero-order chi connectivity index (χ0) is 13.5. The maximum absolute atomic E-state index is 6.12. The van der Waals surface area contributed by atoms with E-state index in [1.165, 1.54) is 11.1 Å². The summed E-state index contributed by atoms with van der Waals surface area (Å²) in [5.74, 6) is 2.13. The minimum absolute atomic E-state index is 0.180.